The molecule has 9 nitrogen and oxygen atoms in total. The number of nitrogens with two attached hydrogens (primary N) is 2. The molecule has 0 saturated carbocycles. The normalized spacial score (nSPS) is 12.1. The minimum atomic E-state index is -0.895. The number of hydrogen-bond donors (Lipinski definition) is 2. The predicted molar refractivity (Wildman–Crippen MR) is 113 cm³/mol. The molecule has 0 aliphatic carbocycles. The molecule has 0 aliphatic rings. The van der Waals surface area contributed by atoms with Crippen LogP contribution in [0.15, 0.2) is 42.7 Å². The molecule has 2 aromatic carbocycles. The molecule has 0 aliphatic heterocycles. The van der Waals surface area contributed by atoms with Gasteiger partial charge in [0.25, 0.3) is 0 Å². The van der Waals surface area contributed by atoms with Gasteiger partial charge in [0.1, 0.15) is 11.6 Å². The first kappa shape index (κ1) is 19.3. The first-order chi connectivity index (χ1) is 14.5. The summed E-state index contributed by atoms with van der Waals surface area (Å²) in [7, 11) is 4.52. The van der Waals surface area contributed by atoms with Crippen molar-refractivity contribution in [3.05, 3.63) is 48.3 Å². The molecule has 154 valence electrons. The lowest BCUT2D eigenvalue weighted by Crippen LogP contribution is -2.27. The van der Waals surface area contributed by atoms with Crippen LogP contribution in [0.4, 0.5) is 5.82 Å². The summed E-state index contributed by atoms with van der Waals surface area (Å²) in [5.74, 6) is 0.932. The van der Waals surface area contributed by atoms with Gasteiger partial charge >= 0.3 is 0 Å². The second kappa shape index (κ2) is 7.43. The molecule has 0 radical (unpaired) electrons. The number of fused-ring (bicyclic) bond motifs is 3. The number of para-hydroxylation sites is 1. The van der Waals surface area contributed by atoms with E-state index in [1.165, 1.54) is 27.7 Å². The minimum Gasteiger partial charge on any atom is -0.493 e. The molecular weight excluding hydrogens is 386 g/mol. The number of hydrogen-bond acceptors (Lipinski definition) is 7. The van der Waals surface area contributed by atoms with E-state index in [-0.39, 0.29) is 5.82 Å². The monoisotopic (exact) mass is 407 g/mol. The van der Waals surface area contributed by atoms with E-state index in [9.17, 15) is 4.79 Å². The molecule has 4 aromatic rings. The Morgan fingerprint density at radius 2 is 1.73 bits per heavy atom. The number of carbonyl (C=O) groups is 1. The fourth-order valence-corrected chi connectivity index (χ4v) is 3.69. The van der Waals surface area contributed by atoms with Crippen LogP contribution in [0.5, 0.6) is 17.2 Å². The topological polar surface area (TPSA) is 128 Å². The number of imidazole rings is 1. The summed E-state index contributed by atoms with van der Waals surface area (Å²) >= 11 is 0. The summed E-state index contributed by atoms with van der Waals surface area (Å²) in [6.45, 7) is 0. The smallest absolute Gasteiger partial charge is 0.245 e. The minimum absolute atomic E-state index is 0.274. The lowest BCUT2D eigenvalue weighted by Gasteiger charge is -2.20. The number of ether oxygens (including phenoxy) is 3. The van der Waals surface area contributed by atoms with Gasteiger partial charge in [-0.25, -0.2) is 9.97 Å². The Balaban J connectivity index is 2.03. The van der Waals surface area contributed by atoms with E-state index in [2.05, 4.69) is 9.97 Å². The molecule has 4 N–H and O–H groups in total. The number of aromatic nitrogens is 3. The number of pyridine rings is 1. The van der Waals surface area contributed by atoms with Crippen molar-refractivity contribution in [1.82, 2.24) is 14.5 Å². The van der Waals surface area contributed by atoms with E-state index in [1.807, 2.05) is 24.3 Å². The van der Waals surface area contributed by atoms with Gasteiger partial charge in [0.05, 0.1) is 38.7 Å². The number of amides is 1. The van der Waals surface area contributed by atoms with Crippen LogP contribution < -0.4 is 25.7 Å². The number of nitrogen functional groups attached to an aromatic ring is 1. The van der Waals surface area contributed by atoms with E-state index in [0.717, 1.165) is 5.39 Å². The molecule has 30 heavy (non-hydrogen) atoms. The van der Waals surface area contributed by atoms with Crippen molar-refractivity contribution in [3.8, 4) is 17.2 Å². The maximum Gasteiger partial charge on any atom is 0.245 e. The van der Waals surface area contributed by atoms with Gasteiger partial charge in [-0.15, -0.1) is 0 Å². The van der Waals surface area contributed by atoms with Crippen LogP contribution in [-0.2, 0) is 4.79 Å². The van der Waals surface area contributed by atoms with Crippen LogP contribution in [0.1, 0.15) is 11.6 Å². The summed E-state index contributed by atoms with van der Waals surface area (Å²) < 4.78 is 17.9. The fraction of sp³-hybridized carbons (Fsp3) is 0.190. The van der Waals surface area contributed by atoms with Crippen molar-refractivity contribution in [2.45, 2.75) is 6.04 Å². The zero-order valence-corrected chi connectivity index (χ0v) is 16.7. The first-order valence-electron chi connectivity index (χ1n) is 9.10. The number of nitrogens with zero attached hydrogens (tertiary/aromatic N) is 3. The number of benzene rings is 2. The third-order valence-electron chi connectivity index (χ3n) is 4.99. The van der Waals surface area contributed by atoms with Crippen LogP contribution in [0.25, 0.3) is 21.9 Å². The molecule has 0 fully saturated rings. The highest BCUT2D eigenvalue weighted by molar-refractivity contribution is 6.07. The quantitative estimate of drug-likeness (QED) is 0.502. The van der Waals surface area contributed by atoms with E-state index in [1.54, 1.807) is 16.7 Å². The molecule has 2 heterocycles. The lowest BCUT2D eigenvalue weighted by molar-refractivity contribution is -0.120. The SMILES string of the molecule is COc1cc(C(C(N)=O)n2cnc3c(N)nc4ccccc4c32)cc(OC)c1OC. The Labute approximate surface area is 172 Å². The Morgan fingerprint density at radius 3 is 2.33 bits per heavy atom. The summed E-state index contributed by atoms with van der Waals surface area (Å²) in [6, 6.07) is 9.98. The van der Waals surface area contributed by atoms with Crippen LogP contribution in [0, 0.1) is 0 Å². The summed E-state index contributed by atoms with van der Waals surface area (Å²) in [6.07, 6.45) is 1.54. The molecular formula is C21H21N5O4. The van der Waals surface area contributed by atoms with Crippen molar-refractivity contribution in [1.29, 1.82) is 0 Å². The van der Waals surface area contributed by atoms with Gasteiger partial charge in [0, 0.05) is 5.39 Å². The van der Waals surface area contributed by atoms with Gasteiger partial charge in [0.15, 0.2) is 17.3 Å². The zero-order valence-electron chi connectivity index (χ0n) is 16.7. The molecule has 1 amide bonds. The van der Waals surface area contributed by atoms with Gasteiger partial charge in [-0.1, -0.05) is 18.2 Å². The average molecular weight is 407 g/mol. The zero-order chi connectivity index (χ0) is 21.4. The maximum absolute atomic E-state index is 12.6. The highest BCUT2D eigenvalue weighted by Gasteiger charge is 2.27. The second-order valence-electron chi connectivity index (χ2n) is 6.63. The van der Waals surface area contributed by atoms with Gasteiger partial charge in [-0.05, 0) is 23.8 Å². The third-order valence-corrected chi connectivity index (χ3v) is 4.99. The molecule has 4 rings (SSSR count). The Hall–Kier alpha value is -4.01. The molecule has 0 saturated heterocycles. The van der Waals surface area contributed by atoms with E-state index >= 15 is 0 Å². The molecule has 2 aromatic heterocycles. The standard InChI is InChI=1S/C21H21N5O4/c1-28-14-8-11(9-15(29-2)19(14)30-3)17(21(23)27)26-10-24-16-18(26)12-6-4-5-7-13(12)25-20(16)22/h4-10,17H,1-3H3,(H2,22,25)(H2,23,27). The molecule has 9 heteroatoms. The molecule has 1 atom stereocenters. The van der Waals surface area contributed by atoms with Crippen LogP contribution >= 0.6 is 0 Å². The Morgan fingerprint density at radius 1 is 1.07 bits per heavy atom. The Bertz CT molecular complexity index is 1240. The largest absolute Gasteiger partial charge is 0.493 e. The lowest BCUT2D eigenvalue weighted by atomic mass is 10.0. The summed E-state index contributed by atoms with van der Waals surface area (Å²) in [4.78, 5) is 21.4. The third kappa shape index (κ3) is 2.91. The van der Waals surface area contributed by atoms with Crippen LogP contribution in [-0.4, -0.2) is 41.8 Å². The van der Waals surface area contributed by atoms with E-state index in [4.69, 9.17) is 25.7 Å². The van der Waals surface area contributed by atoms with Crippen LogP contribution in [0.3, 0.4) is 0 Å². The van der Waals surface area contributed by atoms with Gasteiger partial charge in [0.2, 0.25) is 11.7 Å². The predicted octanol–water partition coefficient (Wildman–Crippen LogP) is 2.27. The number of carbonyl (C=O) groups excluding carboxylic acids is 1. The van der Waals surface area contributed by atoms with E-state index < -0.39 is 11.9 Å². The van der Waals surface area contributed by atoms with Gasteiger partial charge in [-0.2, -0.15) is 0 Å². The molecule has 0 bridgehead atoms. The van der Waals surface area contributed by atoms with Gasteiger partial charge in [-0.3, -0.25) is 4.79 Å². The van der Waals surface area contributed by atoms with Crippen molar-refractivity contribution in [2.75, 3.05) is 27.1 Å². The number of rotatable bonds is 6. The van der Waals surface area contributed by atoms with Crippen molar-refractivity contribution >= 4 is 33.7 Å². The second-order valence-corrected chi connectivity index (χ2v) is 6.63. The highest BCUT2D eigenvalue weighted by atomic mass is 16.5. The average Bonchev–Trinajstić information content (AvgIpc) is 3.18. The van der Waals surface area contributed by atoms with Crippen LogP contribution in [0.2, 0.25) is 0 Å². The number of methoxy groups -OCH3 is 3. The van der Waals surface area contributed by atoms with Crippen molar-refractivity contribution in [3.63, 3.8) is 0 Å². The summed E-state index contributed by atoms with van der Waals surface area (Å²) in [5.41, 5.74) is 14.4. The first-order valence-corrected chi connectivity index (χ1v) is 9.10. The number of primary amides is 1. The number of anilines is 1. The Kier molecular flexibility index (Phi) is 4.78. The molecule has 0 spiro atoms. The fourth-order valence-electron chi connectivity index (χ4n) is 3.69. The van der Waals surface area contributed by atoms with Crippen molar-refractivity contribution < 1.29 is 19.0 Å². The summed E-state index contributed by atoms with van der Waals surface area (Å²) in [5, 5.41) is 0.804. The highest BCUT2D eigenvalue weighted by Crippen LogP contribution is 2.41. The van der Waals surface area contributed by atoms with E-state index in [0.29, 0.717) is 39.4 Å². The molecule has 1 unspecified atom stereocenters. The maximum atomic E-state index is 12.6. The van der Waals surface area contributed by atoms with Gasteiger partial charge < -0.3 is 30.2 Å². The van der Waals surface area contributed by atoms with Crippen molar-refractivity contribution in [2.24, 2.45) is 5.73 Å².